The van der Waals surface area contributed by atoms with E-state index in [4.69, 9.17) is 4.74 Å². The minimum atomic E-state index is -3.34. The first-order chi connectivity index (χ1) is 10.4. The number of ether oxygens (including phenoxy) is 2. The molecule has 22 heavy (non-hydrogen) atoms. The fourth-order valence-corrected chi connectivity index (χ4v) is 4.09. The number of rotatable bonds is 2. The lowest BCUT2D eigenvalue weighted by Crippen LogP contribution is -2.17. The third-order valence-electron chi connectivity index (χ3n) is 3.49. The first-order valence-corrected chi connectivity index (χ1v) is 8.34. The van der Waals surface area contributed by atoms with Crippen molar-refractivity contribution in [3.8, 4) is 5.75 Å². The molecular weight excluding hydrogens is 310 g/mol. The summed E-state index contributed by atoms with van der Waals surface area (Å²) in [5, 5.41) is 0.236. The highest BCUT2D eigenvalue weighted by molar-refractivity contribution is 7.91. The first-order valence-electron chi connectivity index (χ1n) is 6.68. The average molecular weight is 323 g/mol. The van der Waals surface area contributed by atoms with E-state index in [2.05, 4.69) is 9.72 Å². The Morgan fingerprint density at radius 3 is 2.86 bits per heavy atom. The molecule has 0 bridgehead atoms. The molecule has 0 saturated carbocycles. The van der Waals surface area contributed by atoms with Crippen molar-refractivity contribution >= 4 is 26.9 Å². The SMILES string of the molecule is CCOC(=O)Oc1c[nH]c2ccc3c(c2c1=O)CCS3(=O)=O. The zero-order chi connectivity index (χ0) is 15.9. The predicted molar refractivity (Wildman–Crippen MR) is 78.0 cm³/mol. The van der Waals surface area contributed by atoms with Gasteiger partial charge in [-0.25, -0.2) is 13.2 Å². The molecule has 0 saturated heterocycles. The van der Waals surface area contributed by atoms with Crippen LogP contribution in [0.2, 0.25) is 0 Å². The Kier molecular flexibility index (Phi) is 3.40. The molecule has 0 aliphatic carbocycles. The summed E-state index contributed by atoms with van der Waals surface area (Å²) in [7, 11) is -3.34. The van der Waals surface area contributed by atoms with Crippen molar-refractivity contribution < 1.29 is 22.7 Å². The normalized spacial score (nSPS) is 15.5. The molecule has 2 aromatic rings. The summed E-state index contributed by atoms with van der Waals surface area (Å²) < 4.78 is 33.4. The molecule has 1 aliphatic rings. The van der Waals surface area contributed by atoms with Gasteiger partial charge in [-0.3, -0.25) is 4.79 Å². The van der Waals surface area contributed by atoms with Crippen LogP contribution in [0.4, 0.5) is 4.79 Å². The van der Waals surface area contributed by atoms with Crippen LogP contribution in [0, 0.1) is 0 Å². The molecule has 0 spiro atoms. The molecule has 1 aromatic heterocycles. The van der Waals surface area contributed by atoms with Gasteiger partial charge in [-0.15, -0.1) is 0 Å². The van der Waals surface area contributed by atoms with Gasteiger partial charge in [-0.2, -0.15) is 0 Å². The Morgan fingerprint density at radius 1 is 1.36 bits per heavy atom. The van der Waals surface area contributed by atoms with E-state index in [9.17, 15) is 18.0 Å². The minimum absolute atomic E-state index is 0.0240. The number of hydrogen-bond acceptors (Lipinski definition) is 6. The topological polar surface area (TPSA) is 103 Å². The standard InChI is InChI=1S/C14H13NO6S/c1-2-20-14(17)21-10-7-15-9-3-4-11-8(12(9)13(10)16)5-6-22(11,18)19/h3-4,7H,2,5-6H2,1H3,(H,15,16). The summed E-state index contributed by atoms with van der Waals surface area (Å²) in [6.45, 7) is 1.74. The molecule has 8 heteroatoms. The summed E-state index contributed by atoms with van der Waals surface area (Å²) in [5.74, 6) is -0.243. The number of carbonyl (C=O) groups excluding carboxylic acids is 1. The predicted octanol–water partition coefficient (Wildman–Crippen LogP) is 1.39. The van der Waals surface area contributed by atoms with Crippen LogP contribution in [-0.4, -0.2) is 31.9 Å². The third kappa shape index (κ3) is 2.25. The van der Waals surface area contributed by atoms with E-state index in [1.54, 1.807) is 6.92 Å². The van der Waals surface area contributed by atoms with Crippen LogP contribution in [0.5, 0.6) is 5.75 Å². The van der Waals surface area contributed by atoms with E-state index < -0.39 is 21.4 Å². The number of pyridine rings is 1. The van der Waals surface area contributed by atoms with Crippen molar-refractivity contribution in [1.29, 1.82) is 0 Å². The Hall–Kier alpha value is -2.35. The summed E-state index contributed by atoms with van der Waals surface area (Å²) in [6, 6.07) is 3.02. The molecule has 7 nitrogen and oxygen atoms in total. The van der Waals surface area contributed by atoms with Crippen molar-refractivity contribution in [2.45, 2.75) is 18.2 Å². The summed E-state index contributed by atoms with van der Waals surface area (Å²) in [4.78, 5) is 26.8. The fourth-order valence-electron chi connectivity index (χ4n) is 2.54. The molecule has 116 valence electrons. The number of benzene rings is 1. The molecule has 0 atom stereocenters. The number of carbonyl (C=O) groups is 1. The maximum atomic E-state index is 12.5. The smallest absolute Gasteiger partial charge is 0.434 e. The van der Waals surface area contributed by atoms with Crippen LogP contribution >= 0.6 is 0 Å². The molecule has 1 aromatic carbocycles. The number of aromatic nitrogens is 1. The number of sulfone groups is 1. The van der Waals surface area contributed by atoms with E-state index in [1.807, 2.05) is 0 Å². The van der Waals surface area contributed by atoms with Gasteiger partial charge in [-0.05, 0) is 31.0 Å². The highest BCUT2D eigenvalue weighted by Crippen LogP contribution is 2.30. The van der Waals surface area contributed by atoms with Crippen LogP contribution in [0.15, 0.2) is 28.0 Å². The van der Waals surface area contributed by atoms with E-state index in [-0.39, 0.29) is 34.8 Å². The maximum Gasteiger partial charge on any atom is 0.514 e. The van der Waals surface area contributed by atoms with Crippen molar-refractivity contribution in [1.82, 2.24) is 4.98 Å². The lowest BCUT2D eigenvalue weighted by molar-refractivity contribution is 0.104. The molecule has 0 amide bonds. The molecule has 1 aliphatic heterocycles. The number of hydrogen-bond donors (Lipinski definition) is 1. The molecule has 2 heterocycles. The van der Waals surface area contributed by atoms with Crippen LogP contribution in [0.3, 0.4) is 0 Å². The van der Waals surface area contributed by atoms with Gasteiger partial charge in [-0.1, -0.05) is 0 Å². The van der Waals surface area contributed by atoms with Crippen molar-refractivity contribution in [2.75, 3.05) is 12.4 Å². The maximum absolute atomic E-state index is 12.5. The molecule has 0 radical (unpaired) electrons. The van der Waals surface area contributed by atoms with Gasteiger partial charge in [0.15, 0.2) is 15.6 Å². The van der Waals surface area contributed by atoms with Gasteiger partial charge >= 0.3 is 6.16 Å². The van der Waals surface area contributed by atoms with Gasteiger partial charge in [0.05, 0.1) is 22.6 Å². The quantitative estimate of drug-likeness (QED) is 0.838. The highest BCUT2D eigenvalue weighted by Gasteiger charge is 2.29. The first kappa shape index (κ1) is 14.6. The largest absolute Gasteiger partial charge is 0.514 e. The Bertz CT molecular complexity index is 928. The number of fused-ring (bicyclic) bond motifs is 3. The van der Waals surface area contributed by atoms with Crippen LogP contribution < -0.4 is 10.2 Å². The van der Waals surface area contributed by atoms with Gasteiger partial charge in [0.1, 0.15) is 0 Å². The lowest BCUT2D eigenvalue weighted by Gasteiger charge is -2.07. The van der Waals surface area contributed by atoms with Gasteiger partial charge in [0.25, 0.3) is 0 Å². The second kappa shape index (κ2) is 5.13. The zero-order valence-electron chi connectivity index (χ0n) is 11.7. The summed E-state index contributed by atoms with van der Waals surface area (Å²) >= 11 is 0. The van der Waals surface area contributed by atoms with E-state index >= 15 is 0 Å². The third-order valence-corrected chi connectivity index (χ3v) is 5.29. The van der Waals surface area contributed by atoms with Crippen LogP contribution in [0.25, 0.3) is 10.9 Å². The molecule has 0 unspecified atom stereocenters. The van der Waals surface area contributed by atoms with E-state index in [0.717, 1.165) is 0 Å². The Balaban J connectivity index is 2.19. The van der Waals surface area contributed by atoms with E-state index in [1.165, 1.54) is 18.3 Å². The van der Waals surface area contributed by atoms with Crippen molar-refractivity contribution in [3.05, 3.63) is 34.1 Å². The van der Waals surface area contributed by atoms with Gasteiger partial charge in [0, 0.05) is 11.7 Å². The summed E-state index contributed by atoms with van der Waals surface area (Å²) in [5.41, 5.74) is 0.431. The van der Waals surface area contributed by atoms with Gasteiger partial charge in [0.2, 0.25) is 5.43 Å². The number of H-pyrrole nitrogens is 1. The Labute approximate surface area is 125 Å². The number of aromatic amines is 1. The second-order valence-electron chi connectivity index (χ2n) is 4.80. The molecular formula is C14H13NO6S. The monoisotopic (exact) mass is 323 g/mol. The molecule has 3 rings (SSSR count). The molecule has 0 fully saturated rings. The van der Waals surface area contributed by atoms with Gasteiger partial charge < -0.3 is 14.5 Å². The highest BCUT2D eigenvalue weighted by atomic mass is 32.2. The van der Waals surface area contributed by atoms with E-state index in [0.29, 0.717) is 11.1 Å². The molecule has 1 N–H and O–H groups in total. The van der Waals surface area contributed by atoms with Crippen LogP contribution in [0.1, 0.15) is 12.5 Å². The van der Waals surface area contributed by atoms with Crippen molar-refractivity contribution in [3.63, 3.8) is 0 Å². The van der Waals surface area contributed by atoms with Crippen molar-refractivity contribution in [2.24, 2.45) is 0 Å². The summed E-state index contributed by atoms with van der Waals surface area (Å²) in [6.07, 6.45) is 0.547. The number of aryl methyl sites for hydroxylation is 1. The zero-order valence-corrected chi connectivity index (χ0v) is 12.5. The Morgan fingerprint density at radius 2 is 2.14 bits per heavy atom. The number of nitrogens with one attached hydrogen (secondary N) is 1. The minimum Gasteiger partial charge on any atom is -0.434 e. The average Bonchev–Trinajstić information content (AvgIpc) is 2.78. The second-order valence-corrected chi connectivity index (χ2v) is 6.88. The lowest BCUT2D eigenvalue weighted by atomic mass is 10.1. The van der Waals surface area contributed by atoms with Crippen LogP contribution in [-0.2, 0) is 21.0 Å². The fraction of sp³-hybridized carbons (Fsp3) is 0.286.